The molecule has 186 valence electrons. The Bertz CT molecular complexity index is 1660. The van der Waals surface area contributed by atoms with E-state index in [9.17, 15) is 19.3 Å². The zero-order valence-corrected chi connectivity index (χ0v) is 20.4. The number of ketones is 1. The highest BCUT2D eigenvalue weighted by molar-refractivity contribution is 7.99. The third-order valence-corrected chi connectivity index (χ3v) is 6.51. The fourth-order valence-electron chi connectivity index (χ4n) is 3.71. The minimum absolute atomic E-state index is 0.0270. The molecule has 0 saturated heterocycles. The summed E-state index contributed by atoms with van der Waals surface area (Å²) in [6.45, 7) is 0. The maximum atomic E-state index is 13.2. The van der Waals surface area contributed by atoms with Gasteiger partial charge >= 0.3 is 0 Å². The zero-order chi connectivity index (χ0) is 26.1. The van der Waals surface area contributed by atoms with E-state index in [4.69, 9.17) is 14.5 Å². The number of carbonyl (C=O) groups excluding carboxylic acids is 1. The Labute approximate surface area is 213 Å². The molecule has 5 aromatic rings. The second kappa shape index (κ2) is 9.82. The van der Waals surface area contributed by atoms with E-state index in [-0.39, 0.29) is 17.2 Å². The molecule has 5 rings (SSSR count). The highest BCUT2D eigenvalue weighted by atomic mass is 32.2. The summed E-state index contributed by atoms with van der Waals surface area (Å²) in [6.07, 6.45) is 0. The Morgan fingerprint density at radius 1 is 1.03 bits per heavy atom. The van der Waals surface area contributed by atoms with Crippen LogP contribution in [0.4, 0.5) is 10.1 Å². The van der Waals surface area contributed by atoms with E-state index < -0.39 is 10.7 Å². The van der Waals surface area contributed by atoms with Crippen molar-refractivity contribution in [1.82, 2.24) is 19.6 Å². The van der Waals surface area contributed by atoms with Crippen LogP contribution in [0.1, 0.15) is 10.4 Å². The number of nitrogens with zero attached hydrogens (tertiary/aromatic N) is 5. The topological polar surface area (TPSA) is 122 Å². The molecule has 0 saturated carbocycles. The van der Waals surface area contributed by atoms with Gasteiger partial charge in [0.05, 0.1) is 30.4 Å². The van der Waals surface area contributed by atoms with Crippen molar-refractivity contribution in [3.05, 3.63) is 82.2 Å². The van der Waals surface area contributed by atoms with E-state index in [0.29, 0.717) is 50.2 Å². The molecule has 10 nitrogen and oxygen atoms in total. The molecule has 0 atom stereocenters. The van der Waals surface area contributed by atoms with Crippen LogP contribution in [0.2, 0.25) is 0 Å². The van der Waals surface area contributed by atoms with Crippen molar-refractivity contribution in [2.75, 3.05) is 20.0 Å². The van der Waals surface area contributed by atoms with Gasteiger partial charge in [-0.1, -0.05) is 11.8 Å². The number of non-ortho nitro benzene ring substituents is 1. The first-order valence-electron chi connectivity index (χ1n) is 10.9. The highest BCUT2D eigenvalue weighted by Gasteiger charge is 2.19. The van der Waals surface area contributed by atoms with Gasteiger partial charge in [0.25, 0.3) is 5.69 Å². The van der Waals surface area contributed by atoms with Gasteiger partial charge in [0.2, 0.25) is 0 Å². The van der Waals surface area contributed by atoms with Crippen LogP contribution in [-0.2, 0) is 0 Å². The third-order valence-electron chi connectivity index (χ3n) is 5.58. The summed E-state index contributed by atoms with van der Waals surface area (Å²) in [5.74, 6) is 0.673. The molecular weight excluding hydrogens is 501 g/mol. The van der Waals surface area contributed by atoms with Crippen molar-refractivity contribution in [1.29, 1.82) is 0 Å². The number of hydrogen-bond donors (Lipinski definition) is 0. The number of rotatable bonds is 8. The van der Waals surface area contributed by atoms with Crippen LogP contribution in [0.15, 0.2) is 65.8 Å². The number of Topliss-reactive ketones (excluding diaryl/α,β-unsaturated/α-hetero) is 1. The van der Waals surface area contributed by atoms with Crippen LogP contribution < -0.4 is 9.47 Å². The van der Waals surface area contributed by atoms with E-state index in [2.05, 4.69) is 10.1 Å². The first kappa shape index (κ1) is 24.1. The summed E-state index contributed by atoms with van der Waals surface area (Å²) in [7, 11) is 3.04. The lowest BCUT2D eigenvalue weighted by Crippen LogP contribution is -2.05. The van der Waals surface area contributed by atoms with E-state index in [1.54, 1.807) is 24.3 Å². The van der Waals surface area contributed by atoms with Crippen LogP contribution in [0.25, 0.3) is 27.9 Å². The second-order valence-corrected chi connectivity index (χ2v) is 8.75. The number of nitro groups is 1. The van der Waals surface area contributed by atoms with Gasteiger partial charge in [-0.3, -0.25) is 14.9 Å². The normalized spacial score (nSPS) is 11.1. The minimum Gasteiger partial charge on any atom is -0.493 e. The number of methoxy groups -OCH3 is 2. The molecule has 0 aliphatic rings. The first-order valence-corrected chi connectivity index (χ1v) is 11.9. The molecule has 2 heterocycles. The smallest absolute Gasteiger partial charge is 0.269 e. The fraction of sp³-hybridized carbons (Fsp3) is 0.120. The summed E-state index contributed by atoms with van der Waals surface area (Å²) >= 11 is 1.15. The molecule has 0 aliphatic heterocycles. The molecular formula is C25H18FN5O5S. The van der Waals surface area contributed by atoms with Gasteiger partial charge in [0.1, 0.15) is 5.82 Å². The van der Waals surface area contributed by atoms with Gasteiger partial charge in [-0.15, -0.1) is 5.10 Å². The molecule has 0 amide bonds. The maximum absolute atomic E-state index is 13.2. The molecule has 0 spiro atoms. The Morgan fingerprint density at radius 3 is 2.35 bits per heavy atom. The molecule has 0 aliphatic carbocycles. The lowest BCUT2D eigenvalue weighted by atomic mass is 10.1. The molecule has 0 N–H and O–H groups in total. The van der Waals surface area contributed by atoms with E-state index in [1.165, 1.54) is 55.1 Å². The average Bonchev–Trinajstić information content (AvgIpc) is 3.37. The number of ether oxygens (including phenoxy) is 2. The van der Waals surface area contributed by atoms with Crippen molar-refractivity contribution in [3.8, 4) is 22.9 Å². The van der Waals surface area contributed by atoms with Gasteiger partial charge in [0.15, 0.2) is 33.9 Å². The van der Waals surface area contributed by atoms with Crippen molar-refractivity contribution >= 4 is 39.8 Å². The average molecular weight is 520 g/mol. The molecule has 3 aromatic carbocycles. The molecule has 12 heteroatoms. The van der Waals surface area contributed by atoms with Crippen molar-refractivity contribution < 1.29 is 23.6 Å². The predicted octanol–water partition coefficient (Wildman–Crippen LogP) is 4.98. The summed E-state index contributed by atoms with van der Waals surface area (Å²) in [5, 5.41) is 16.6. The van der Waals surface area contributed by atoms with E-state index in [0.717, 1.165) is 11.8 Å². The maximum Gasteiger partial charge on any atom is 0.269 e. The van der Waals surface area contributed by atoms with Gasteiger partial charge in [-0.25, -0.2) is 14.4 Å². The number of thioether (sulfide) groups is 1. The Balaban J connectivity index is 1.61. The molecule has 0 bridgehead atoms. The number of carbonyl (C=O) groups is 1. The van der Waals surface area contributed by atoms with Crippen LogP contribution in [0.5, 0.6) is 11.5 Å². The standard InChI is InChI=1S/C25H18FN5O5S/c1-35-21-11-18-19(12-22(21)36-2)27-25(37-13-20(32)14-3-7-16(26)8-4-14)30-24(18)28-23(29-30)15-5-9-17(10-6-15)31(33)34/h3-12H,13H2,1-2H3. The number of benzene rings is 3. The monoisotopic (exact) mass is 519 g/mol. The van der Waals surface area contributed by atoms with E-state index in [1.807, 2.05) is 0 Å². The SMILES string of the molecule is COc1cc2nc(SCC(=O)c3ccc(F)cc3)n3nc(-c4ccc([N+](=O)[O-])cc4)nc3c2cc1OC. The van der Waals surface area contributed by atoms with Gasteiger partial charge in [0, 0.05) is 34.7 Å². The van der Waals surface area contributed by atoms with Crippen LogP contribution in [0, 0.1) is 15.9 Å². The molecule has 0 unspecified atom stereocenters. The van der Waals surface area contributed by atoms with Crippen LogP contribution in [0.3, 0.4) is 0 Å². The largest absolute Gasteiger partial charge is 0.493 e. The zero-order valence-electron chi connectivity index (χ0n) is 19.5. The summed E-state index contributed by atoms with van der Waals surface area (Å²) in [5.41, 5.74) is 1.90. The van der Waals surface area contributed by atoms with Crippen molar-refractivity contribution in [3.63, 3.8) is 0 Å². The Morgan fingerprint density at radius 2 is 1.70 bits per heavy atom. The molecule has 37 heavy (non-hydrogen) atoms. The lowest BCUT2D eigenvalue weighted by Gasteiger charge is -2.11. The summed E-state index contributed by atoms with van der Waals surface area (Å²) in [4.78, 5) is 32.6. The second-order valence-electron chi connectivity index (χ2n) is 7.81. The van der Waals surface area contributed by atoms with Gasteiger partial charge < -0.3 is 9.47 Å². The predicted molar refractivity (Wildman–Crippen MR) is 135 cm³/mol. The van der Waals surface area contributed by atoms with Crippen LogP contribution >= 0.6 is 11.8 Å². The summed E-state index contributed by atoms with van der Waals surface area (Å²) in [6, 6.07) is 14.7. The Kier molecular flexibility index (Phi) is 6.40. The fourth-order valence-corrected chi connectivity index (χ4v) is 4.55. The quantitative estimate of drug-likeness (QED) is 0.0918. The Hall–Kier alpha value is -4.58. The number of fused-ring (bicyclic) bond motifs is 3. The van der Waals surface area contributed by atoms with Crippen molar-refractivity contribution in [2.24, 2.45) is 0 Å². The number of hydrogen-bond acceptors (Lipinski definition) is 9. The molecule has 0 radical (unpaired) electrons. The summed E-state index contributed by atoms with van der Waals surface area (Å²) < 4.78 is 25.6. The van der Waals surface area contributed by atoms with Crippen LogP contribution in [-0.4, -0.2) is 50.3 Å². The van der Waals surface area contributed by atoms with Gasteiger partial charge in [-0.05, 0) is 42.5 Å². The number of nitro benzene ring substituents is 1. The first-order chi connectivity index (χ1) is 17.9. The van der Waals surface area contributed by atoms with Crippen molar-refractivity contribution in [2.45, 2.75) is 5.16 Å². The molecule has 2 aromatic heterocycles. The van der Waals surface area contributed by atoms with E-state index >= 15 is 0 Å². The molecule has 0 fully saturated rings. The number of halogens is 1. The highest BCUT2D eigenvalue weighted by Crippen LogP contribution is 2.35. The minimum atomic E-state index is -0.481. The number of aromatic nitrogens is 4. The third kappa shape index (κ3) is 4.66. The lowest BCUT2D eigenvalue weighted by molar-refractivity contribution is -0.384. The van der Waals surface area contributed by atoms with Gasteiger partial charge in [-0.2, -0.15) is 4.52 Å².